The predicted molar refractivity (Wildman–Crippen MR) is 112 cm³/mol. The van der Waals surface area contributed by atoms with E-state index in [0.717, 1.165) is 22.8 Å². The molecular formula is C23H26N2O3. The van der Waals surface area contributed by atoms with E-state index in [1.54, 1.807) is 20.3 Å². The third-order valence-corrected chi connectivity index (χ3v) is 4.88. The van der Waals surface area contributed by atoms with Crippen molar-refractivity contribution in [1.29, 1.82) is 0 Å². The Hall–Kier alpha value is -3.21. The van der Waals surface area contributed by atoms with Gasteiger partial charge in [0, 0.05) is 28.7 Å². The zero-order valence-electron chi connectivity index (χ0n) is 16.9. The Morgan fingerprint density at radius 2 is 1.71 bits per heavy atom. The molecular weight excluding hydrogens is 352 g/mol. The topological polar surface area (TPSA) is 52.5 Å². The van der Waals surface area contributed by atoms with Crippen LogP contribution >= 0.6 is 0 Å². The highest BCUT2D eigenvalue weighted by atomic mass is 16.5. The van der Waals surface area contributed by atoms with Gasteiger partial charge in [-0.15, -0.1) is 0 Å². The summed E-state index contributed by atoms with van der Waals surface area (Å²) in [6.45, 7) is 5.86. The molecule has 0 saturated heterocycles. The Kier molecular flexibility index (Phi) is 5.73. The molecule has 3 rings (SSSR count). The van der Waals surface area contributed by atoms with Crippen molar-refractivity contribution in [2.75, 3.05) is 19.5 Å². The second kappa shape index (κ2) is 8.21. The van der Waals surface area contributed by atoms with Crippen LogP contribution in [0.4, 0.5) is 5.69 Å². The lowest BCUT2D eigenvalue weighted by Crippen LogP contribution is -2.26. The second-order valence-electron chi connectivity index (χ2n) is 6.75. The summed E-state index contributed by atoms with van der Waals surface area (Å²) in [5.41, 5.74) is 4.48. The molecule has 0 spiro atoms. The summed E-state index contributed by atoms with van der Waals surface area (Å²) in [6, 6.07) is 17.1. The molecule has 1 atom stereocenters. The maximum absolute atomic E-state index is 13.1. The van der Waals surface area contributed by atoms with Gasteiger partial charge < -0.3 is 19.4 Å². The molecule has 5 heteroatoms. The minimum atomic E-state index is -0.410. The highest BCUT2D eigenvalue weighted by Crippen LogP contribution is 2.30. The molecule has 0 saturated carbocycles. The molecule has 5 nitrogen and oxygen atoms in total. The van der Waals surface area contributed by atoms with E-state index in [1.165, 1.54) is 0 Å². The standard InChI is InChI=1S/C23H26N2O3/c1-15-13-20(17(3)25(15)18-9-7-6-8-10-18)23(26)16(2)24-21-12-11-19(27-4)14-22(21)28-5/h6-14,16,24H,1-5H3/t16-/m1/s1. The fourth-order valence-electron chi connectivity index (χ4n) is 3.44. The lowest BCUT2D eigenvalue weighted by atomic mass is 10.1. The Labute approximate surface area is 165 Å². The van der Waals surface area contributed by atoms with E-state index >= 15 is 0 Å². The minimum absolute atomic E-state index is 0.0353. The van der Waals surface area contributed by atoms with Crippen LogP contribution < -0.4 is 14.8 Å². The quantitative estimate of drug-likeness (QED) is 0.600. The van der Waals surface area contributed by atoms with Crippen LogP contribution in [-0.2, 0) is 0 Å². The first kappa shape index (κ1) is 19.5. The normalized spacial score (nSPS) is 11.8. The van der Waals surface area contributed by atoms with Crippen molar-refractivity contribution in [3.05, 3.63) is 71.5 Å². The van der Waals surface area contributed by atoms with Gasteiger partial charge in [0.2, 0.25) is 0 Å². The largest absolute Gasteiger partial charge is 0.497 e. The van der Waals surface area contributed by atoms with Crippen LogP contribution in [0.5, 0.6) is 11.5 Å². The second-order valence-corrected chi connectivity index (χ2v) is 6.75. The van der Waals surface area contributed by atoms with Gasteiger partial charge in [0.15, 0.2) is 5.78 Å². The van der Waals surface area contributed by atoms with Gasteiger partial charge in [0.25, 0.3) is 0 Å². The van der Waals surface area contributed by atoms with E-state index in [-0.39, 0.29) is 5.78 Å². The van der Waals surface area contributed by atoms with Crippen LogP contribution in [0.1, 0.15) is 28.7 Å². The fraction of sp³-hybridized carbons (Fsp3) is 0.261. The Morgan fingerprint density at radius 1 is 1.00 bits per heavy atom. The summed E-state index contributed by atoms with van der Waals surface area (Å²) in [6.07, 6.45) is 0. The number of carbonyl (C=O) groups is 1. The van der Waals surface area contributed by atoms with Gasteiger partial charge >= 0.3 is 0 Å². The van der Waals surface area contributed by atoms with E-state index in [0.29, 0.717) is 17.1 Å². The zero-order valence-corrected chi connectivity index (χ0v) is 16.9. The molecule has 0 bridgehead atoms. The molecule has 146 valence electrons. The lowest BCUT2D eigenvalue weighted by Gasteiger charge is -2.17. The molecule has 0 radical (unpaired) electrons. The predicted octanol–water partition coefficient (Wildman–Crippen LogP) is 4.79. The van der Waals surface area contributed by atoms with Crippen LogP contribution in [0.3, 0.4) is 0 Å². The maximum atomic E-state index is 13.1. The number of rotatable bonds is 7. The molecule has 2 aromatic carbocycles. The smallest absolute Gasteiger partial charge is 0.186 e. The summed E-state index contributed by atoms with van der Waals surface area (Å²) in [7, 11) is 3.20. The number of Topliss-reactive ketones (excluding diaryl/α,β-unsaturated/α-hetero) is 1. The number of nitrogens with one attached hydrogen (secondary N) is 1. The van der Waals surface area contributed by atoms with Gasteiger partial charge in [0.1, 0.15) is 11.5 Å². The van der Waals surface area contributed by atoms with Crippen molar-refractivity contribution < 1.29 is 14.3 Å². The molecule has 0 fully saturated rings. The average Bonchev–Trinajstić information content (AvgIpc) is 3.02. The van der Waals surface area contributed by atoms with E-state index < -0.39 is 6.04 Å². The highest BCUT2D eigenvalue weighted by Gasteiger charge is 2.22. The van der Waals surface area contributed by atoms with Gasteiger partial charge in [-0.1, -0.05) is 18.2 Å². The fourth-order valence-corrected chi connectivity index (χ4v) is 3.44. The van der Waals surface area contributed by atoms with Crippen molar-refractivity contribution in [2.45, 2.75) is 26.8 Å². The zero-order chi connectivity index (χ0) is 20.3. The molecule has 0 aliphatic rings. The average molecular weight is 378 g/mol. The van der Waals surface area contributed by atoms with Crippen molar-refractivity contribution in [3.63, 3.8) is 0 Å². The number of aromatic nitrogens is 1. The molecule has 0 aliphatic heterocycles. The SMILES string of the molecule is COc1ccc(N[C@H](C)C(=O)c2cc(C)n(-c3ccccc3)c2C)c(OC)c1. The van der Waals surface area contributed by atoms with Gasteiger partial charge in [-0.3, -0.25) is 4.79 Å². The van der Waals surface area contributed by atoms with Gasteiger partial charge in [-0.25, -0.2) is 0 Å². The lowest BCUT2D eigenvalue weighted by molar-refractivity contribution is 0.0975. The Morgan fingerprint density at radius 3 is 2.36 bits per heavy atom. The third-order valence-electron chi connectivity index (χ3n) is 4.88. The van der Waals surface area contributed by atoms with Crippen molar-refractivity contribution in [2.24, 2.45) is 0 Å². The number of benzene rings is 2. The number of hydrogen-bond acceptors (Lipinski definition) is 4. The van der Waals surface area contributed by atoms with E-state index in [2.05, 4.69) is 9.88 Å². The van der Waals surface area contributed by atoms with E-state index in [9.17, 15) is 4.79 Å². The molecule has 0 aliphatic carbocycles. The molecule has 1 heterocycles. The van der Waals surface area contributed by atoms with Gasteiger partial charge in [-0.2, -0.15) is 0 Å². The number of ether oxygens (including phenoxy) is 2. The van der Waals surface area contributed by atoms with Crippen LogP contribution in [0.2, 0.25) is 0 Å². The summed E-state index contributed by atoms with van der Waals surface area (Å²) in [5.74, 6) is 1.37. The molecule has 0 unspecified atom stereocenters. The minimum Gasteiger partial charge on any atom is -0.497 e. The number of para-hydroxylation sites is 1. The summed E-state index contributed by atoms with van der Waals surface area (Å²) in [5, 5.41) is 3.27. The number of aryl methyl sites for hydroxylation is 1. The molecule has 0 amide bonds. The molecule has 1 aromatic heterocycles. The number of anilines is 1. The molecule has 28 heavy (non-hydrogen) atoms. The third kappa shape index (κ3) is 3.74. The van der Waals surface area contributed by atoms with Crippen LogP contribution in [0.25, 0.3) is 5.69 Å². The number of hydrogen-bond donors (Lipinski definition) is 1. The van der Waals surface area contributed by atoms with Gasteiger partial charge in [-0.05, 0) is 51.1 Å². The summed E-state index contributed by atoms with van der Waals surface area (Å²) >= 11 is 0. The first-order valence-electron chi connectivity index (χ1n) is 9.23. The Bertz CT molecular complexity index is 977. The number of nitrogens with zero attached hydrogens (tertiary/aromatic N) is 1. The van der Waals surface area contributed by atoms with Gasteiger partial charge in [0.05, 0.1) is 25.9 Å². The monoisotopic (exact) mass is 378 g/mol. The van der Waals surface area contributed by atoms with Crippen LogP contribution in [0, 0.1) is 13.8 Å². The molecule has 1 N–H and O–H groups in total. The number of carbonyl (C=O) groups excluding carboxylic acids is 1. The molecule has 3 aromatic rings. The Balaban J connectivity index is 1.87. The highest BCUT2D eigenvalue weighted by molar-refractivity contribution is 6.02. The van der Waals surface area contributed by atoms with Crippen molar-refractivity contribution in [3.8, 4) is 17.2 Å². The van der Waals surface area contributed by atoms with E-state index in [4.69, 9.17) is 9.47 Å². The maximum Gasteiger partial charge on any atom is 0.186 e. The van der Waals surface area contributed by atoms with Crippen LogP contribution in [-0.4, -0.2) is 30.6 Å². The number of ketones is 1. The summed E-state index contributed by atoms with van der Waals surface area (Å²) in [4.78, 5) is 13.1. The number of methoxy groups -OCH3 is 2. The van der Waals surface area contributed by atoms with Crippen LogP contribution in [0.15, 0.2) is 54.6 Å². The summed E-state index contributed by atoms with van der Waals surface area (Å²) < 4.78 is 12.8. The first-order valence-corrected chi connectivity index (χ1v) is 9.23. The van der Waals surface area contributed by atoms with E-state index in [1.807, 2.05) is 69.3 Å². The van der Waals surface area contributed by atoms with Crippen molar-refractivity contribution in [1.82, 2.24) is 4.57 Å². The first-order chi connectivity index (χ1) is 13.5. The van der Waals surface area contributed by atoms with Crippen molar-refractivity contribution >= 4 is 11.5 Å².